The molecule has 0 aromatic carbocycles. The number of amides is 1. The van der Waals surface area contributed by atoms with Gasteiger partial charge in [-0.25, -0.2) is 0 Å². The first kappa shape index (κ1) is 86.6. The van der Waals surface area contributed by atoms with Crippen molar-refractivity contribution >= 4 is 5.91 Å². The van der Waals surface area contributed by atoms with Crippen LogP contribution in [0, 0.1) is 0 Å². The van der Waals surface area contributed by atoms with Crippen molar-refractivity contribution in [1.29, 1.82) is 0 Å². The number of nitrogens with one attached hydrogen (secondary N) is 1. The molecule has 2 aliphatic rings. The van der Waals surface area contributed by atoms with Gasteiger partial charge in [-0.15, -0.1) is 0 Å². The van der Waals surface area contributed by atoms with Gasteiger partial charge >= 0.3 is 0 Å². The minimum Gasteiger partial charge on any atom is -0.394 e. The first-order valence-electron chi connectivity index (χ1n) is 39.6. The lowest BCUT2D eigenvalue weighted by molar-refractivity contribution is -0.359. The Bertz CT molecular complexity index is 1640. The lowest BCUT2D eigenvalue weighted by Gasteiger charge is -2.46. The topological polar surface area (TPSA) is 228 Å². The van der Waals surface area contributed by atoms with Crippen LogP contribution < -0.4 is 5.32 Å². The molecule has 2 fully saturated rings. The molecule has 0 aliphatic carbocycles. The normalized spacial score (nSPS) is 22.7. The zero-order valence-electron chi connectivity index (χ0n) is 59.6. The van der Waals surface area contributed by atoms with Crippen molar-refractivity contribution in [3.8, 4) is 0 Å². The molecule has 2 aliphatic heterocycles. The Morgan fingerprint density at radius 3 is 1.07 bits per heavy atom. The van der Waals surface area contributed by atoms with E-state index in [0.717, 1.165) is 32.1 Å². The summed E-state index contributed by atoms with van der Waals surface area (Å²) in [5, 5.41) is 87.5. The van der Waals surface area contributed by atoms with Crippen LogP contribution in [0.25, 0.3) is 0 Å². The number of aliphatic hydroxyl groups is 8. The van der Waals surface area contributed by atoms with Crippen LogP contribution in [0.4, 0.5) is 0 Å². The van der Waals surface area contributed by atoms with Gasteiger partial charge in [-0.05, 0) is 32.1 Å². The number of hydrogen-bond acceptors (Lipinski definition) is 13. The van der Waals surface area contributed by atoms with E-state index in [2.05, 4.69) is 31.3 Å². The van der Waals surface area contributed by atoms with Crippen LogP contribution in [-0.2, 0) is 23.7 Å². The molecule has 14 heteroatoms. The van der Waals surface area contributed by atoms with Gasteiger partial charge in [-0.3, -0.25) is 4.79 Å². The van der Waals surface area contributed by atoms with Gasteiger partial charge in [0, 0.05) is 6.42 Å². The summed E-state index contributed by atoms with van der Waals surface area (Å²) >= 11 is 0. The Hall–Kier alpha value is -1.53. The summed E-state index contributed by atoms with van der Waals surface area (Å²) in [6, 6.07) is -0.930. The Kier molecular flexibility index (Phi) is 59.2. The van der Waals surface area contributed by atoms with Crippen molar-refractivity contribution in [2.75, 3.05) is 19.8 Å². The summed E-state index contributed by atoms with van der Waals surface area (Å²) in [5.41, 5.74) is 0. The summed E-state index contributed by atoms with van der Waals surface area (Å²) in [4.78, 5) is 13.3. The largest absolute Gasteiger partial charge is 0.394 e. The number of allylic oxidation sites excluding steroid dienone is 3. The number of carbonyl (C=O) groups is 1. The minimum atomic E-state index is -1.79. The average Bonchev–Trinajstić information content (AvgIpc) is 0.868. The third kappa shape index (κ3) is 45.9. The highest BCUT2D eigenvalue weighted by atomic mass is 16.7. The molecule has 14 nitrogen and oxygen atoms in total. The lowest BCUT2D eigenvalue weighted by atomic mass is 9.97. The maximum Gasteiger partial charge on any atom is 0.220 e. The molecule has 2 rings (SSSR count). The van der Waals surface area contributed by atoms with Gasteiger partial charge in [0.15, 0.2) is 12.6 Å². The van der Waals surface area contributed by atoms with E-state index < -0.39 is 86.8 Å². The fourth-order valence-corrected chi connectivity index (χ4v) is 13.4. The molecular formula is C78H149NO13. The van der Waals surface area contributed by atoms with Gasteiger partial charge in [-0.2, -0.15) is 0 Å². The molecule has 0 spiro atoms. The fraction of sp³-hybridized carbons (Fsp3) is 0.936. The maximum absolute atomic E-state index is 13.3. The Morgan fingerprint density at radius 2 is 0.696 bits per heavy atom. The van der Waals surface area contributed by atoms with Crippen molar-refractivity contribution in [3.05, 3.63) is 24.3 Å². The molecule has 0 aromatic heterocycles. The van der Waals surface area contributed by atoms with Gasteiger partial charge in [-0.1, -0.05) is 359 Å². The highest BCUT2D eigenvalue weighted by molar-refractivity contribution is 5.76. The van der Waals surface area contributed by atoms with Crippen LogP contribution in [0.3, 0.4) is 0 Å². The number of rotatable bonds is 67. The fourth-order valence-electron chi connectivity index (χ4n) is 13.4. The Morgan fingerprint density at radius 1 is 0.380 bits per heavy atom. The third-order valence-electron chi connectivity index (χ3n) is 19.6. The molecule has 2 saturated heterocycles. The summed E-state index contributed by atoms with van der Waals surface area (Å²) in [6.07, 6.45) is 64.3. The average molecular weight is 1310 g/mol. The van der Waals surface area contributed by atoms with Gasteiger partial charge in [0.1, 0.15) is 48.8 Å². The first-order chi connectivity index (χ1) is 45.1. The van der Waals surface area contributed by atoms with Crippen molar-refractivity contribution in [2.45, 2.75) is 447 Å². The molecular weight excluding hydrogens is 1160 g/mol. The summed E-state index contributed by atoms with van der Waals surface area (Å²) in [7, 11) is 0. The van der Waals surface area contributed by atoms with Crippen molar-refractivity contribution in [1.82, 2.24) is 5.32 Å². The van der Waals surface area contributed by atoms with E-state index in [9.17, 15) is 45.6 Å². The minimum absolute atomic E-state index is 0.241. The van der Waals surface area contributed by atoms with Crippen molar-refractivity contribution in [2.24, 2.45) is 0 Å². The van der Waals surface area contributed by atoms with Gasteiger partial charge < -0.3 is 65.1 Å². The van der Waals surface area contributed by atoms with E-state index in [0.29, 0.717) is 12.8 Å². The molecule has 92 heavy (non-hydrogen) atoms. The number of ether oxygens (including phenoxy) is 4. The van der Waals surface area contributed by atoms with E-state index >= 15 is 0 Å². The van der Waals surface area contributed by atoms with E-state index in [-0.39, 0.29) is 18.9 Å². The second-order valence-electron chi connectivity index (χ2n) is 28.2. The number of hydrogen-bond donors (Lipinski definition) is 9. The molecule has 0 saturated carbocycles. The molecule has 12 atom stereocenters. The van der Waals surface area contributed by atoms with Crippen LogP contribution in [-0.4, -0.2) is 140 Å². The van der Waals surface area contributed by atoms with E-state index in [1.165, 1.54) is 308 Å². The second-order valence-corrected chi connectivity index (χ2v) is 28.2. The lowest BCUT2D eigenvalue weighted by Crippen LogP contribution is -2.65. The summed E-state index contributed by atoms with van der Waals surface area (Å²) in [5.74, 6) is -0.241. The van der Waals surface area contributed by atoms with Crippen LogP contribution >= 0.6 is 0 Å². The maximum atomic E-state index is 13.3. The second kappa shape index (κ2) is 63.0. The van der Waals surface area contributed by atoms with Crippen molar-refractivity contribution < 1.29 is 64.6 Å². The Labute approximate surface area is 564 Å². The standard InChI is InChI=1S/C78H149NO13/c1-3-5-7-9-11-13-15-17-19-21-23-24-25-26-27-28-29-30-31-32-33-34-35-36-37-38-39-40-41-42-44-46-48-50-52-54-56-58-60-62-70(83)79-66(67(82)61-59-57-55-53-51-49-47-45-43-22-20-18-16-14-12-10-8-6-4-2)65-89-77-75(88)73(86)76(69(64-81)91-77)92-78-74(87)72(85)71(84)68(63-80)90-78/h51,53,59,61,66-69,71-78,80-82,84-88H,3-50,52,54-58,60,62-65H2,1-2H3,(H,79,83)/b53-51+,61-59+. The monoisotopic (exact) mass is 1310 g/mol. The molecule has 9 N–H and O–H groups in total. The van der Waals surface area contributed by atoms with Gasteiger partial charge in [0.2, 0.25) is 5.91 Å². The van der Waals surface area contributed by atoms with E-state index in [1.54, 1.807) is 6.08 Å². The van der Waals surface area contributed by atoms with Crippen LogP contribution in [0.15, 0.2) is 24.3 Å². The molecule has 0 radical (unpaired) electrons. The molecule has 2 heterocycles. The molecule has 1 amide bonds. The highest BCUT2D eigenvalue weighted by Crippen LogP contribution is 2.30. The molecule has 12 unspecified atom stereocenters. The third-order valence-corrected chi connectivity index (χ3v) is 19.6. The summed E-state index contributed by atoms with van der Waals surface area (Å²) < 4.78 is 22.9. The summed E-state index contributed by atoms with van der Waals surface area (Å²) in [6.45, 7) is 2.84. The number of unbranched alkanes of at least 4 members (excludes halogenated alkanes) is 52. The van der Waals surface area contributed by atoms with Gasteiger partial charge in [0.05, 0.1) is 32.0 Å². The molecule has 0 aromatic rings. The quantitative estimate of drug-likeness (QED) is 0.0204. The number of carbonyl (C=O) groups excluding carboxylic acids is 1. The van der Waals surface area contributed by atoms with Crippen molar-refractivity contribution in [3.63, 3.8) is 0 Å². The highest BCUT2D eigenvalue weighted by Gasteiger charge is 2.51. The van der Waals surface area contributed by atoms with Crippen LogP contribution in [0.5, 0.6) is 0 Å². The van der Waals surface area contributed by atoms with E-state index in [4.69, 9.17) is 18.9 Å². The molecule has 544 valence electrons. The molecule has 0 bridgehead atoms. The number of aliphatic hydroxyl groups excluding tert-OH is 8. The van der Waals surface area contributed by atoms with Crippen LogP contribution in [0.2, 0.25) is 0 Å². The Balaban J connectivity index is 1.56. The zero-order chi connectivity index (χ0) is 66.6. The van der Waals surface area contributed by atoms with E-state index in [1.807, 2.05) is 6.08 Å². The zero-order valence-corrected chi connectivity index (χ0v) is 59.6. The SMILES string of the molecule is CCCCCCCCCCCCCCC/C=C/CC/C=C/C(O)C(COC1OC(CO)C(OC2OC(CO)C(O)C(O)C2O)C(O)C1O)NC(=O)CCCCCCCCCCCCCCCCCCCCCCCCCCCCCCCCCCCCCCCCC. The first-order valence-corrected chi connectivity index (χ1v) is 39.6. The van der Waals surface area contributed by atoms with Gasteiger partial charge in [0.25, 0.3) is 0 Å². The predicted octanol–water partition coefficient (Wildman–Crippen LogP) is 17.5. The predicted molar refractivity (Wildman–Crippen MR) is 378 cm³/mol. The van der Waals surface area contributed by atoms with Crippen LogP contribution in [0.1, 0.15) is 373 Å². The smallest absolute Gasteiger partial charge is 0.220 e.